The quantitative estimate of drug-likeness (QED) is 0.782. The van der Waals surface area contributed by atoms with Gasteiger partial charge in [0.25, 0.3) is 0 Å². The van der Waals surface area contributed by atoms with Crippen molar-refractivity contribution in [3.63, 3.8) is 0 Å². The lowest BCUT2D eigenvalue weighted by Crippen LogP contribution is -2.23. The first-order valence-electron chi connectivity index (χ1n) is 6.53. The Bertz CT molecular complexity index is 588. The first-order valence-corrected chi connectivity index (χ1v) is 7.70. The fourth-order valence-corrected chi connectivity index (χ4v) is 2.71. The molecule has 1 unspecified atom stereocenters. The molecule has 0 bridgehead atoms. The highest BCUT2D eigenvalue weighted by Crippen LogP contribution is 2.23. The second-order valence-electron chi connectivity index (χ2n) is 4.62. The maximum atomic E-state index is 13.5. The lowest BCUT2D eigenvalue weighted by molar-refractivity contribution is 0.546. The highest BCUT2D eigenvalue weighted by Gasteiger charge is 2.12. The summed E-state index contributed by atoms with van der Waals surface area (Å²) >= 11 is 9.20. The van der Waals surface area contributed by atoms with E-state index in [1.165, 1.54) is 11.6 Å². The lowest BCUT2D eigenvalue weighted by atomic mass is 9.99. The van der Waals surface area contributed by atoms with Gasteiger partial charge >= 0.3 is 0 Å². The second-order valence-corrected chi connectivity index (χ2v) is 5.94. The van der Waals surface area contributed by atoms with Crippen LogP contribution in [0.3, 0.4) is 0 Å². The Morgan fingerprint density at radius 1 is 1.25 bits per heavy atom. The van der Waals surface area contributed by atoms with Crippen molar-refractivity contribution in [1.29, 1.82) is 0 Å². The van der Waals surface area contributed by atoms with Crippen LogP contribution in [-0.2, 0) is 6.42 Å². The first-order chi connectivity index (χ1) is 9.60. The van der Waals surface area contributed by atoms with Crippen LogP contribution in [0.15, 0.2) is 46.9 Å². The number of likely N-dealkylation sites (N-methyl/N-ethyl adjacent to an activating group) is 1. The van der Waals surface area contributed by atoms with E-state index in [1.54, 1.807) is 6.07 Å². The summed E-state index contributed by atoms with van der Waals surface area (Å²) in [5.41, 5.74) is 2.11. The summed E-state index contributed by atoms with van der Waals surface area (Å²) in [6, 6.07) is 13.3. The SMILES string of the molecule is CCNC(Cc1ccc(Cl)c(F)c1)c1cccc(Br)c1. The van der Waals surface area contributed by atoms with Crippen molar-refractivity contribution in [2.45, 2.75) is 19.4 Å². The molecule has 0 amide bonds. The highest BCUT2D eigenvalue weighted by atomic mass is 79.9. The van der Waals surface area contributed by atoms with Crippen molar-refractivity contribution in [1.82, 2.24) is 5.32 Å². The fourth-order valence-electron chi connectivity index (χ4n) is 2.18. The van der Waals surface area contributed by atoms with Gasteiger partial charge in [-0.05, 0) is 48.4 Å². The van der Waals surface area contributed by atoms with Crippen LogP contribution in [-0.4, -0.2) is 6.54 Å². The molecule has 106 valence electrons. The van der Waals surface area contributed by atoms with Crippen molar-refractivity contribution in [2.75, 3.05) is 6.54 Å². The minimum atomic E-state index is -0.367. The molecular formula is C16H16BrClFN. The maximum Gasteiger partial charge on any atom is 0.142 e. The molecule has 0 aromatic heterocycles. The third kappa shape index (κ3) is 4.05. The molecule has 0 radical (unpaired) electrons. The molecule has 20 heavy (non-hydrogen) atoms. The van der Waals surface area contributed by atoms with Crippen LogP contribution >= 0.6 is 27.5 Å². The zero-order valence-electron chi connectivity index (χ0n) is 11.2. The number of halogens is 3. The van der Waals surface area contributed by atoms with Gasteiger partial charge in [0.15, 0.2) is 0 Å². The Morgan fingerprint density at radius 2 is 2.05 bits per heavy atom. The molecule has 2 aromatic carbocycles. The first kappa shape index (κ1) is 15.5. The molecule has 0 saturated carbocycles. The van der Waals surface area contributed by atoms with E-state index in [4.69, 9.17) is 11.6 Å². The Morgan fingerprint density at radius 3 is 2.70 bits per heavy atom. The van der Waals surface area contributed by atoms with Gasteiger partial charge in [0.2, 0.25) is 0 Å². The Hall–Kier alpha value is -0.900. The van der Waals surface area contributed by atoms with E-state index < -0.39 is 0 Å². The van der Waals surface area contributed by atoms with Crippen molar-refractivity contribution in [3.8, 4) is 0 Å². The monoisotopic (exact) mass is 355 g/mol. The maximum absolute atomic E-state index is 13.5. The third-order valence-corrected chi connectivity index (χ3v) is 3.93. The van der Waals surface area contributed by atoms with Crippen molar-refractivity contribution >= 4 is 27.5 Å². The molecule has 2 rings (SSSR count). The molecule has 0 heterocycles. The van der Waals surface area contributed by atoms with E-state index in [-0.39, 0.29) is 16.9 Å². The lowest BCUT2D eigenvalue weighted by Gasteiger charge is -2.19. The molecule has 1 nitrogen and oxygen atoms in total. The Balaban J connectivity index is 2.22. The number of nitrogens with one attached hydrogen (secondary N) is 1. The topological polar surface area (TPSA) is 12.0 Å². The van der Waals surface area contributed by atoms with E-state index in [0.717, 1.165) is 23.0 Å². The Kier molecular flexibility index (Phi) is 5.58. The molecule has 1 atom stereocenters. The van der Waals surface area contributed by atoms with Gasteiger partial charge in [0, 0.05) is 10.5 Å². The van der Waals surface area contributed by atoms with Gasteiger partial charge in [0.1, 0.15) is 5.82 Å². The van der Waals surface area contributed by atoms with Crippen molar-refractivity contribution in [2.24, 2.45) is 0 Å². The zero-order valence-corrected chi connectivity index (χ0v) is 13.5. The molecule has 2 aromatic rings. The van der Waals surface area contributed by atoms with E-state index in [1.807, 2.05) is 18.2 Å². The second kappa shape index (κ2) is 7.21. The average Bonchev–Trinajstić information content (AvgIpc) is 2.42. The fraction of sp³-hybridized carbons (Fsp3) is 0.250. The summed E-state index contributed by atoms with van der Waals surface area (Å²) in [4.78, 5) is 0. The van der Waals surface area contributed by atoms with Crippen LogP contribution in [0.1, 0.15) is 24.1 Å². The number of rotatable bonds is 5. The van der Waals surface area contributed by atoms with Gasteiger partial charge < -0.3 is 5.32 Å². The molecule has 0 saturated heterocycles. The van der Waals surface area contributed by atoms with Gasteiger partial charge in [-0.3, -0.25) is 0 Å². The third-order valence-electron chi connectivity index (χ3n) is 3.13. The molecule has 0 aliphatic rings. The molecule has 4 heteroatoms. The van der Waals surface area contributed by atoms with E-state index >= 15 is 0 Å². The van der Waals surface area contributed by atoms with Crippen molar-refractivity contribution in [3.05, 3.63) is 68.9 Å². The molecule has 0 aliphatic heterocycles. The van der Waals surface area contributed by atoms with Crippen molar-refractivity contribution < 1.29 is 4.39 Å². The molecule has 0 spiro atoms. The molecular weight excluding hydrogens is 341 g/mol. The van der Waals surface area contributed by atoms with E-state index in [0.29, 0.717) is 0 Å². The summed E-state index contributed by atoms with van der Waals surface area (Å²) < 4.78 is 14.6. The summed E-state index contributed by atoms with van der Waals surface area (Å²) in [5, 5.41) is 3.60. The normalized spacial score (nSPS) is 12.4. The van der Waals surface area contributed by atoms with Crippen LogP contribution in [0.4, 0.5) is 4.39 Å². The van der Waals surface area contributed by atoms with Crippen LogP contribution < -0.4 is 5.32 Å². The van der Waals surface area contributed by atoms with Crippen LogP contribution in [0.25, 0.3) is 0 Å². The van der Waals surface area contributed by atoms with Gasteiger partial charge in [-0.15, -0.1) is 0 Å². The molecule has 0 fully saturated rings. The van der Waals surface area contributed by atoms with E-state index in [2.05, 4.69) is 40.3 Å². The summed E-state index contributed by atoms with van der Waals surface area (Å²) in [6.45, 7) is 2.92. The summed E-state index contributed by atoms with van der Waals surface area (Å²) in [5.74, 6) is -0.367. The number of hydrogen-bond donors (Lipinski definition) is 1. The molecule has 1 N–H and O–H groups in total. The van der Waals surface area contributed by atoms with Crippen LogP contribution in [0, 0.1) is 5.82 Å². The van der Waals surface area contributed by atoms with Gasteiger partial charge in [-0.25, -0.2) is 4.39 Å². The van der Waals surface area contributed by atoms with Crippen LogP contribution in [0.5, 0.6) is 0 Å². The molecule has 0 aliphatic carbocycles. The van der Waals surface area contributed by atoms with Gasteiger partial charge in [0.05, 0.1) is 5.02 Å². The largest absolute Gasteiger partial charge is 0.310 e. The minimum Gasteiger partial charge on any atom is -0.310 e. The Labute approximate surface area is 132 Å². The van der Waals surface area contributed by atoms with E-state index in [9.17, 15) is 4.39 Å². The number of hydrogen-bond acceptors (Lipinski definition) is 1. The zero-order chi connectivity index (χ0) is 14.5. The number of benzene rings is 2. The van der Waals surface area contributed by atoms with Gasteiger partial charge in [-0.1, -0.05) is 52.7 Å². The predicted octanol–water partition coefficient (Wildman–Crippen LogP) is 5.13. The predicted molar refractivity (Wildman–Crippen MR) is 85.7 cm³/mol. The highest BCUT2D eigenvalue weighted by molar-refractivity contribution is 9.10. The summed E-state index contributed by atoms with van der Waals surface area (Å²) in [6.07, 6.45) is 0.721. The van der Waals surface area contributed by atoms with Gasteiger partial charge in [-0.2, -0.15) is 0 Å². The average molecular weight is 357 g/mol. The summed E-state index contributed by atoms with van der Waals surface area (Å²) in [7, 11) is 0. The standard InChI is InChI=1S/C16H16BrClFN/c1-2-20-16(12-4-3-5-13(17)10-12)9-11-6-7-14(18)15(19)8-11/h3-8,10,16,20H,2,9H2,1H3. The van der Waals surface area contributed by atoms with Crippen LogP contribution in [0.2, 0.25) is 5.02 Å². The minimum absolute atomic E-state index is 0.151. The smallest absolute Gasteiger partial charge is 0.142 e.